The average Bonchev–Trinajstić information content (AvgIpc) is 3.54. The molecule has 0 amide bonds. The fourth-order valence-corrected chi connectivity index (χ4v) is 4.57. The van der Waals surface area contributed by atoms with Crippen molar-refractivity contribution in [2.45, 2.75) is 6.54 Å². The summed E-state index contributed by atoms with van der Waals surface area (Å²) in [5.74, 6) is 2.91. The lowest BCUT2D eigenvalue weighted by atomic mass is 10.2. The van der Waals surface area contributed by atoms with Crippen LogP contribution in [0.5, 0.6) is 11.5 Å². The zero-order valence-electron chi connectivity index (χ0n) is 21.4. The Morgan fingerprint density at radius 2 is 1.73 bits per heavy atom. The maximum absolute atomic E-state index is 5.55. The first-order chi connectivity index (χ1) is 17.9. The summed E-state index contributed by atoms with van der Waals surface area (Å²) in [5.41, 5.74) is 3.88. The summed E-state index contributed by atoms with van der Waals surface area (Å²) in [5, 5.41) is 0. The van der Waals surface area contributed by atoms with Gasteiger partial charge in [0.1, 0.15) is 28.7 Å². The second-order valence-electron chi connectivity index (χ2n) is 8.55. The van der Waals surface area contributed by atoms with Crippen molar-refractivity contribution in [2.24, 2.45) is 7.05 Å². The first-order valence-electron chi connectivity index (χ1n) is 11.6. The van der Waals surface area contributed by atoms with Crippen LogP contribution in [0.1, 0.15) is 5.82 Å². The van der Waals surface area contributed by atoms with Crippen LogP contribution in [0.4, 0.5) is 11.5 Å². The fourth-order valence-electron chi connectivity index (χ4n) is 3.91. The van der Waals surface area contributed by atoms with Gasteiger partial charge in [-0.3, -0.25) is 8.96 Å². The molecule has 190 valence electrons. The van der Waals surface area contributed by atoms with Gasteiger partial charge in [0, 0.05) is 67.7 Å². The van der Waals surface area contributed by atoms with Crippen molar-refractivity contribution in [3.8, 4) is 22.8 Å². The molecule has 11 heteroatoms. The SMILES string of the molecule is COc1cc(OC)cc(N(Cc2nccn2SN(C)C)c2ccc3ncc(-c4ccn(C)c4)nc3n2)c1. The number of benzene rings is 1. The van der Waals surface area contributed by atoms with E-state index in [0.717, 1.165) is 28.3 Å². The third-order valence-electron chi connectivity index (χ3n) is 5.68. The maximum Gasteiger partial charge on any atom is 0.180 e. The van der Waals surface area contributed by atoms with Crippen LogP contribution in [0.15, 0.2) is 67.4 Å². The van der Waals surface area contributed by atoms with E-state index in [1.54, 1.807) is 38.7 Å². The second-order valence-corrected chi connectivity index (χ2v) is 9.84. The van der Waals surface area contributed by atoms with E-state index in [9.17, 15) is 0 Å². The van der Waals surface area contributed by atoms with Crippen molar-refractivity contribution in [1.29, 1.82) is 0 Å². The molecule has 5 aromatic rings. The Labute approximate surface area is 219 Å². The second kappa shape index (κ2) is 10.5. The molecule has 0 atom stereocenters. The van der Waals surface area contributed by atoms with Gasteiger partial charge in [-0.1, -0.05) is 0 Å². The molecule has 0 unspecified atom stereocenters. The van der Waals surface area contributed by atoms with Crippen molar-refractivity contribution in [3.63, 3.8) is 0 Å². The highest BCUT2D eigenvalue weighted by Gasteiger charge is 2.19. The summed E-state index contributed by atoms with van der Waals surface area (Å²) in [4.78, 5) is 21.0. The molecule has 0 saturated carbocycles. The molecule has 0 radical (unpaired) electrons. The maximum atomic E-state index is 5.55. The normalized spacial score (nSPS) is 11.3. The predicted octanol–water partition coefficient (Wildman–Crippen LogP) is 4.56. The van der Waals surface area contributed by atoms with E-state index in [1.165, 1.54) is 0 Å². The van der Waals surface area contributed by atoms with Crippen molar-refractivity contribution < 1.29 is 9.47 Å². The summed E-state index contributed by atoms with van der Waals surface area (Å²) in [6.07, 6.45) is 9.50. The summed E-state index contributed by atoms with van der Waals surface area (Å²) < 4.78 is 17.1. The predicted molar refractivity (Wildman–Crippen MR) is 146 cm³/mol. The number of fused-ring (bicyclic) bond motifs is 1. The van der Waals surface area contributed by atoms with E-state index in [0.29, 0.717) is 29.5 Å². The molecule has 4 aromatic heterocycles. The zero-order valence-corrected chi connectivity index (χ0v) is 22.2. The Balaban J connectivity index is 1.61. The molecule has 0 fully saturated rings. The number of anilines is 2. The molecule has 0 bridgehead atoms. The van der Waals surface area contributed by atoms with Crippen LogP contribution in [-0.2, 0) is 13.6 Å². The zero-order chi connectivity index (χ0) is 25.9. The molecular formula is C26H28N8O2S. The molecular weight excluding hydrogens is 488 g/mol. The molecule has 0 aliphatic rings. The molecule has 4 heterocycles. The topological polar surface area (TPSA) is 86.4 Å². The third kappa shape index (κ3) is 5.37. The monoisotopic (exact) mass is 516 g/mol. The van der Waals surface area contributed by atoms with E-state index < -0.39 is 0 Å². The highest BCUT2D eigenvalue weighted by molar-refractivity contribution is 7.95. The Morgan fingerprint density at radius 3 is 2.41 bits per heavy atom. The largest absolute Gasteiger partial charge is 0.497 e. The number of imidazole rings is 1. The minimum absolute atomic E-state index is 0.453. The van der Waals surface area contributed by atoms with Crippen LogP contribution in [-0.4, -0.2) is 61.1 Å². The van der Waals surface area contributed by atoms with E-state index in [4.69, 9.17) is 19.4 Å². The molecule has 10 nitrogen and oxygen atoms in total. The van der Waals surface area contributed by atoms with E-state index >= 15 is 0 Å². The van der Waals surface area contributed by atoms with Gasteiger partial charge in [0.2, 0.25) is 0 Å². The van der Waals surface area contributed by atoms with Gasteiger partial charge in [-0.2, -0.15) is 0 Å². The van der Waals surface area contributed by atoms with Crippen molar-refractivity contribution in [2.75, 3.05) is 33.2 Å². The molecule has 5 rings (SSSR count). The Morgan fingerprint density at radius 1 is 0.946 bits per heavy atom. The summed E-state index contributed by atoms with van der Waals surface area (Å²) >= 11 is 1.55. The van der Waals surface area contributed by atoms with Crippen molar-refractivity contribution in [1.82, 2.24) is 32.8 Å². The van der Waals surface area contributed by atoms with Crippen molar-refractivity contribution >= 4 is 34.8 Å². The number of pyridine rings is 1. The number of hydrogen-bond acceptors (Lipinski definition) is 9. The van der Waals surface area contributed by atoms with E-state index in [2.05, 4.69) is 14.9 Å². The van der Waals surface area contributed by atoms with Gasteiger partial charge in [0.05, 0.1) is 38.3 Å². The summed E-state index contributed by atoms with van der Waals surface area (Å²) in [6.45, 7) is 0.453. The third-order valence-corrected chi connectivity index (χ3v) is 6.51. The van der Waals surface area contributed by atoms with E-state index in [1.807, 2.05) is 89.0 Å². The molecule has 0 N–H and O–H groups in total. The average molecular weight is 517 g/mol. The van der Waals surface area contributed by atoms with Crippen LogP contribution < -0.4 is 14.4 Å². The Kier molecular flexibility index (Phi) is 6.97. The molecule has 0 saturated heterocycles. The number of rotatable bonds is 9. The number of aryl methyl sites for hydroxylation is 1. The lowest BCUT2D eigenvalue weighted by molar-refractivity contribution is 0.394. The highest BCUT2D eigenvalue weighted by atomic mass is 32.2. The lowest BCUT2D eigenvalue weighted by Gasteiger charge is -2.25. The van der Waals surface area contributed by atoms with Gasteiger partial charge >= 0.3 is 0 Å². The standard InChI is InChI=1S/C26H28N8O2S/c1-31(2)37-34-11-9-27-25(34)17-33(19-12-20(35-4)14-21(13-19)36-5)24-7-6-22-26(30-24)29-23(15-28-22)18-8-10-32(3)16-18/h6-16H,17H2,1-5H3. The van der Waals surface area contributed by atoms with Gasteiger partial charge in [-0.05, 0) is 32.3 Å². The first kappa shape index (κ1) is 24.6. The Bertz CT molecular complexity index is 1510. The minimum Gasteiger partial charge on any atom is -0.497 e. The lowest BCUT2D eigenvalue weighted by Crippen LogP contribution is -2.21. The minimum atomic E-state index is 0.453. The number of hydrogen-bond donors (Lipinski definition) is 0. The molecule has 37 heavy (non-hydrogen) atoms. The molecule has 0 aliphatic heterocycles. The van der Waals surface area contributed by atoms with Crippen LogP contribution in [0, 0.1) is 0 Å². The molecule has 1 aromatic carbocycles. The number of ether oxygens (including phenoxy) is 2. The summed E-state index contributed by atoms with van der Waals surface area (Å²) in [6, 6.07) is 11.6. The number of nitrogens with zero attached hydrogens (tertiary/aromatic N) is 8. The van der Waals surface area contributed by atoms with Gasteiger partial charge in [-0.25, -0.2) is 19.3 Å². The fraction of sp³-hybridized carbons (Fsp3) is 0.231. The van der Waals surface area contributed by atoms with Gasteiger partial charge in [0.25, 0.3) is 0 Å². The number of aromatic nitrogens is 6. The highest BCUT2D eigenvalue weighted by Crippen LogP contribution is 2.34. The smallest absolute Gasteiger partial charge is 0.180 e. The first-order valence-corrected chi connectivity index (χ1v) is 12.3. The van der Waals surface area contributed by atoms with Crippen LogP contribution in [0.2, 0.25) is 0 Å². The van der Waals surface area contributed by atoms with Gasteiger partial charge in [-0.15, -0.1) is 0 Å². The summed E-state index contributed by atoms with van der Waals surface area (Å²) in [7, 11) is 9.24. The van der Waals surface area contributed by atoms with Crippen molar-refractivity contribution in [3.05, 3.63) is 73.2 Å². The number of methoxy groups -OCH3 is 2. The van der Waals surface area contributed by atoms with Gasteiger partial charge < -0.3 is 18.9 Å². The molecule has 0 aliphatic carbocycles. The van der Waals surface area contributed by atoms with Crippen LogP contribution >= 0.6 is 12.1 Å². The quantitative estimate of drug-likeness (QED) is 0.262. The molecule has 0 spiro atoms. The van der Waals surface area contributed by atoms with E-state index in [-0.39, 0.29) is 0 Å². The van der Waals surface area contributed by atoms with Gasteiger partial charge in [0.15, 0.2) is 5.65 Å². The van der Waals surface area contributed by atoms with Crippen LogP contribution in [0.25, 0.3) is 22.4 Å². The Hall–Kier alpha value is -4.09. The van der Waals surface area contributed by atoms with Crippen LogP contribution in [0.3, 0.4) is 0 Å².